The molecule has 2 aromatic rings. The molecule has 0 unspecified atom stereocenters. The first kappa shape index (κ1) is 13.9. The Kier molecular flexibility index (Phi) is 4.24. The molecule has 1 atom stereocenters. The van der Waals surface area contributed by atoms with Crippen LogP contribution in [0.2, 0.25) is 0 Å². The number of aryl methyl sites for hydroxylation is 1. The average Bonchev–Trinajstić information content (AvgIpc) is 3.06. The lowest BCUT2D eigenvalue weighted by atomic mass is 10.3. The van der Waals surface area contributed by atoms with E-state index in [4.69, 9.17) is 13.6 Å². The van der Waals surface area contributed by atoms with Crippen LogP contribution in [0.1, 0.15) is 29.0 Å². The summed E-state index contributed by atoms with van der Waals surface area (Å²) in [5, 5.41) is 2.61. The van der Waals surface area contributed by atoms with Crippen LogP contribution in [0.25, 0.3) is 0 Å². The molecule has 0 fully saturated rings. The maximum absolute atomic E-state index is 11.7. The molecular weight excluding hydrogens is 262 g/mol. The van der Waals surface area contributed by atoms with E-state index in [1.165, 1.54) is 19.3 Å². The number of ether oxygens (including phenoxy) is 1. The summed E-state index contributed by atoms with van der Waals surface area (Å²) in [4.78, 5) is 23.4. The molecule has 2 heterocycles. The van der Waals surface area contributed by atoms with Crippen LogP contribution in [0.3, 0.4) is 0 Å². The summed E-state index contributed by atoms with van der Waals surface area (Å²) in [6, 6.07) is 6.62. The zero-order chi connectivity index (χ0) is 14.5. The Morgan fingerprint density at radius 1 is 1.35 bits per heavy atom. The summed E-state index contributed by atoms with van der Waals surface area (Å²) in [6.07, 6.45) is 0.604. The first-order chi connectivity index (χ1) is 9.56. The molecule has 0 saturated heterocycles. The maximum atomic E-state index is 11.7. The van der Waals surface area contributed by atoms with Gasteiger partial charge in [-0.2, -0.15) is 0 Å². The molecule has 0 aliphatic rings. The highest BCUT2D eigenvalue weighted by molar-refractivity contribution is 5.90. The largest absolute Gasteiger partial charge is 0.467 e. The first-order valence-corrected chi connectivity index (χ1v) is 6.14. The molecule has 0 bridgehead atoms. The van der Waals surface area contributed by atoms with Gasteiger partial charge in [0.15, 0.2) is 6.10 Å². The van der Waals surface area contributed by atoms with Gasteiger partial charge in [-0.3, -0.25) is 4.79 Å². The smallest absolute Gasteiger partial charge is 0.375 e. The molecule has 0 aliphatic heterocycles. The molecule has 6 heteroatoms. The van der Waals surface area contributed by atoms with Crippen LogP contribution < -0.4 is 5.32 Å². The molecular formula is C14H15NO5. The Hall–Kier alpha value is -2.50. The summed E-state index contributed by atoms with van der Waals surface area (Å²) in [5.41, 5.74) is 0. The van der Waals surface area contributed by atoms with Crippen molar-refractivity contribution in [2.24, 2.45) is 0 Å². The number of rotatable bonds is 5. The Bertz CT molecular complexity index is 584. The number of hydrogen-bond acceptors (Lipinski definition) is 5. The number of esters is 1. The lowest BCUT2D eigenvalue weighted by molar-refractivity contribution is -0.129. The van der Waals surface area contributed by atoms with E-state index in [1.807, 2.05) is 0 Å². The van der Waals surface area contributed by atoms with E-state index in [0.29, 0.717) is 11.5 Å². The van der Waals surface area contributed by atoms with Crippen LogP contribution >= 0.6 is 0 Å². The minimum Gasteiger partial charge on any atom is -0.467 e. The van der Waals surface area contributed by atoms with Crippen molar-refractivity contribution in [1.82, 2.24) is 5.32 Å². The predicted octanol–water partition coefficient (Wildman–Crippen LogP) is 2.04. The molecule has 106 valence electrons. The number of amides is 1. The number of hydrogen-bond donors (Lipinski definition) is 1. The van der Waals surface area contributed by atoms with E-state index in [1.54, 1.807) is 25.1 Å². The van der Waals surface area contributed by atoms with Gasteiger partial charge in [-0.25, -0.2) is 4.79 Å². The molecule has 1 amide bonds. The van der Waals surface area contributed by atoms with Gasteiger partial charge in [0.25, 0.3) is 5.91 Å². The van der Waals surface area contributed by atoms with Gasteiger partial charge in [-0.15, -0.1) is 0 Å². The van der Waals surface area contributed by atoms with E-state index in [9.17, 15) is 9.59 Å². The fourth-order valence-electron chi connectivity index (χ4n) is 1.55. The topological polar surface area (TPSA) is 81.7 Å². The molecule has 1 N–H and O–H groups in total. The molecule has 0 aromatic carbocycles. The standard InChI is InChI=1S/C14H15NO5/c1-9-5-6-12(19-9)14(17)20-10(2)13(16)15-8-11-4-3-7-18-11/h3-7,10H,8H2,1-2H3,(H,15,16)/t10-/m0/s1. The van der Waals surface area contributed by atoms with E-state index in [0.717, 1.165) is 0 Å². The fourth-order valence-corrected chi connectivity index (χ4v) is 1.55. The minimum absolute atomic E-state index is 0.0770. The lowest BCUT2D eigenvalue weighted by Gasteiger charge is -2.11. The molecule has 0 saturated carbocycles. The summed E-state index contributed by atoms with van der Waals surface area (Å²) in [6.45, 7) is 3.45. The van der Waals surface area contributed by atoms with E-state index < -0.39 is 18.0 Å². The second kappa shape index (κ2) is 6.10. The van der Waals surface area contributed by atoms with Gasteiger partial charge in [-0.05, 0) is 38.1 Å². The number of nitrogens with one attached hydrogen (secondary N) is 1. The van der Waals surface area contributed by atoms with E-state index >= 15 is 0 Å². The van der Waals surface area contributed by atoms with Gasteiger partial charge < -0.3 is 18.9 Å². The first-order valence-electron chi connectivity index (χ1n) is 6.14. The van der Waals surface area contributed by atoms with Crippen LogP contribution in [-0.2, 0) is 16.1 Å². The molecule has 6 nitrogen and oxygen atoms in total. The van der Waals surface area contributed by atoms with Crippen LogP contribution in [0.4, 0.5) is 0 Å². The zero-order valence-corrected chi connectivity index (χ0v) is 11.2. The highest BCUT2D eigenvalue weighted by Gasteiger charge is 2.20. The Labute approximate surface area is 115 Å². The van der Waals surface area contributed by atoms with Crippen LogP contribution in [0.5, 0.6) is 0 Å². The van der Waals surface area contributed by atoms with Crippen molar-refractivity contribution in [3.63, 3.8) is 0 Å². The highest BCUT2D eigenvalue weighted by Crippen LogP contribution is 2.09. The fraction of sp³-hybridized carbons (Fsp3) is 0.286. The van der Waals surface area contributed by atoms with Crippen LogP contribution in [-0.4, -0.2) is 18.0 Å². The number of carbonyl (C=O) groups excluding carboxylic acids is 2. The molecule has 20 heavy (non-hydrogen) atoms. The Balaban J connectivity index is 1.83. The van der Waals surface area contributed by atoms with Crippen molar-refractivity contribution in [3.05, 3.63) is 47.8 Å². The molecule has 0 spiro atoms. The van der Waals surface area contributed by atoms with Gasteiger partial charge in [-0.1, -0.05) is 0 Å². The molecule has 2 rings (SSSR count). The SMILES string of the molecule is Cc1ccc(C(=O)O[C@@H](C)C(=O)NCc2ccco2)o1. The minimum atomic E-state index is -0.914. The third-order valence-electron chi connectivity index (χ3n) is 2.61. The van der Waals surface area contributed by atoms with Crippen molar-refractivity contribution in [2.75, 3.05) is 0 Å². The maximum Gasteiger partial charge on any atom is 0.375 e. The Morgan fingerprint density at radius 3 is 2.75 bits per heavy atom. The predicted molar refractivity (Wildman–Crippen MR) is 68.9 cm³/mol. The van der Waals surface area contributed by atoms with Crippen molar-refractivity contribution in [2.45, 2.75) is 26.5 Å². The summed E-state index contributed by atoms with van der Waals surface area (Å²) in [7, 11) is 0. The van der Waals surface area contributed by atoms with Crippen molar-refractivity contribution in [3.8, 4) is 0 Å². The van der Waals surface area contributed by atoms with Gasteiger partial charge in [0, 0.05) is 0 Å². The van der Waals surface area contributed by atoms with Gasteiger partial charge in [0.1, 0.15) is 11.5 Å². The molecule has 0 radical (unpaired) electrons. The second-order valence-electron chi connectivity index (χ2n) is 4.26. The normalized spacial score (nSPS) is 11.9. The lowest BCUT2D eigenvalue weighted by Crippen LogP contribution is -2.35. The monoisotopic (exact) mass is 277 g/mol. The van der Waals surface area contributed by atoms with Crippen molar-refractivity contribution in [1.29, 1.82) is 0 Å². The van der Waals surface area contributed by atoms with Crippen LogP contribution in [0, 0.1) is 6.92 Å². The van der Waals surface area contributed by atoms with E-state index in [-0.39, 0.29) is 12.3 Å². The summed E-state index contributed by atoms with van der Waals surface area (Å²) >= 11 is 0. The van der Waals surface area contributed by atoms with Crippen molar-refractivity contribution < 1.29 is 23.2 Å². The zero-order valence-electron chi connectivity index (χ0n) is 11.2. The van der Waals surface area contributed by atoms with Gasteiger partial charge >= 0.3 is 5.97 Å². The summed E-state index contributed by atoms with van der Waals surface area (Å²) < 4.78 is 15.2. The third-order valence-corrected chi connectivity index (χ3v) is 2.61. The number of carbonyl (C=O) groups is 2. The highest BCUT2D eigenvalue weighted by atomic mass is 16.6. The molecule has 0 aliphatic carbocycles. The second-order valence-corrected chi connectivity index (χ2v) is 4.26. The van der Waals surface area contributed by atoms with Crippen LogP contribution in [0.15, 0.2) is 39.4 Å². The quantitative estimate of drug-likeness (QED) is 0.846. The Morgan fingerprint density at radius 2 is 2.15 bits per heavy atom. The van der Waals surface area contributed by atoms with Gasteiger partial charge in [0.05, 0.1) is 12.8 Å². The van der Waals surface area contributed by atoms with E-state index in [2.05, 4.69) is 5.32 Å². The van der Waals surface area contributed by atoms with Crippen molar-refractivity contribution >= 4 is 11.9 Å². The average molecular weight is 277 g/mol. The number of furan rings is 2. The van der Waals surface area contributed by atoms with Gasteiger partial charge in [0.2, 0.25) is 5.76 Å². The molecule has 2 aromatic heterocycles. The summed E-state index contributed by atoms with van der Waals surface area (Å²) in [5.74, 6) is 0.232. The third kappa shape index (κ3) is 3.50.